The minimum absolute atomic E-state index is 0.255. The van der Waals surface area contributed by atoms with Gasteiger partial charge in [-0.15, -0.1) is 0 Å². The van der Waals surface area contributed by atoms with Crippen molar-refractivity contribution in [2.45, 2.75) is 26.7 Å². The van der Waals surface area contributed by atoms with Crippen LogP contribution in [0.2, 0.25) is 0 Å². The third kappa shape index (κ3) is 2.81. The van der Waals surface area contributed by atoms with Crippen LogP contribution < -0.4 is 4.90 Å². The number of fused-ring (bicyclic) bond motifs is 2. The first-order valence-electron chi connectivity index (χ1n) is 9.93. The van der Waals surface area contributed by atoms with Gasteiger partial charge in [0.2, 0.25) is 0 Å². The van der Waals surface area contributed by atoms with Gasteiger partial charge in [-0.05, 0) is 62.1 Å². The number of hydrogen-bond acceptors (Lipinski definition) is 4. The Hall–Kier alpha value is -3.48. The number of benzene rings is 1. The zero-order chi connectivity index (χ0) is 21.0. The van der Waals surface area contributed by atoms with E-state index in [9.17, 15) is 9.18 Å². The maximum atomic E-state index is 14.9. The van der Waals surface area contributed by atoms with Gasteiger partial charge in [-0.3, -0.25) is 9.48 Å². The highest BCUT2D eigenvalue weighted by molar-refractivity contribution is 6.14. The maximum absolute atomic E-state index is 14.9. The summed E-state index contributed by atoms with van der Waals surface area (Å²) in [5, 5.41) is 5.13. The molecule has 0 aliphatic carbocycles. The zero-order valence-corrected chi connectivity index (χ0v) is 17.1. The van der Waals surface area contributed by atoms with Crippen LogP contribution in [-0.2, 0) is 13.5 Å². The lowest BCUT2D eigenvalue weighted by Gasteiger charge is -2.30. The first-order chi connectivity index (χ1) is 14.4. The van der Waals surface area contributed by atoms with Gasteiger partial charge in [-0.1, -0.05) is 6.07 Å². The van der Waals surface area contributed by atoms with Crippen LogP contribution in [0.1, 0.15) is 33.6 Å². The summed E-state index contributed by atoms with van der Waals surface area (Å²) in [7, 11) is 1.79. The molecular weight excluding hydrogens is 383 g/mol. The molecule has 0 unspecified atom stereocenters. The van der Waals surface area contributed by atoms with Gasteiger partial charge < -0.3 is 9.32 Å². The van der Waals surface area contributed by atoms with Crippen molar-refractivity contribution < 1.29 is 13.6 Å². The van der Waals surface area contributed by atoms with Crippen LogP contribution in [0.5, 0.6) is 0 Å². The molecule has 30 heavy (non-hydrogen) atoms. The number of nitrogens with zero attached hydrogens (tertiary/aromatic N) is 4. The van der Waals surface area contributed by atoms with Crippen molar-refractivity contribution in [2.75, 3.05) is 11.4 Å². The molecule has 5 rings (SSSR count). The molecule has 0 saturated carbocycles. The fourth-order valence-electron chi connectivity index (χ4n) is 4.35. The second-order valence-electron chi connectivity index (χ2n) is 7.75. The number of rotatable bonds is 2. The number of furan rings is 1. The number of anilines is 1. The lowest BCUT2D eigenvalue weighted by Crippen LogP contribution is -2.36. The minimum Gasteiger partial charge on any atom is -0.463 e. The molecule has 4 heterocycles. The van der Waals surface area contributed by atoms with Gasteiger partial charge in [0.05, 0.1) is 28.6 Å². The Kier molecular flexibility index (Phi) is 4.20. The Bertz CT molecular complexity index is 1290. The highest BCUT2D eigenvalue weighted by atomic mass is 19.1. The minimum atomic E-state index is -0.363. The highest BCUT2D eigenvalue weighted by Crippen LogP contribution is 2.34. The number of carbonyl (C=O) groups is 1. The number of amides is 1. The molecule has 0 bridgehead atoms. The molecule has 7 heteroatoms. The summed E-state index contributed by atoms with van der Waals surface area (Å²) in [4.78, 5) is 20.0. The standard InChI is InChI=1S/C23H21FN4O2/c1-13-10-15-6-4-8-28(21(15)17(24)11-13)23(29)16-12-18(19-7-5-9-30-19)25-22-20(16)14(2)26-27(22)3/h5,7,9-12H,4,6,8H2,1-3H3. The third-order valence-corrected chi connectivity index (χ3v) is 5.60. The van der Waals surface area contributed by atoms with Crippen LogP contribution in [0.25, 0.3) is 22.5 Å². The molecule has 0 atom stereocenters. The van der Waals surface area contributed by atoms with E-state index in [0.29, 0.717) is 46.0 Å². The fraction of sp³-hybridized carbons (Fsp3) is 0.261. The number of hydrogen-bond donors (Lipinski definition) is 0. The van der Waals surface area contributed by atoms with Gasteiger partial charge in [0.1, 0.15) is 11.5 Å². The zero-order valence-electron chi connectivity index (χ0n) is 17.1. The molecule has 4 aromatic rings. The van der Waals surface area contributed by atoms with E-state index in [2.05, 4.69) is 10.1 Å². The van der Waals surface area contributed by atoms with Crippen molar-refractivity contribution >= 4 is 22.6 Å². The molecule has 6 nitrogen and oxygen atoms in total. The molecule has 1 aromatic carbocycles. The lowest BCUT2D eigenvalue weighted by atomic mass is 9.97. The molecule has 152 valence electrons. The number of aryl methyl sites for hydroxylation is 4. The van der Waals surface area contributed by atoms with E-state index in [4.69, 9.17) is 4.42 Å². The smallest absolute Gasteiger partial charge is 0.259 e. The molecule has 1 amide bonds. The van der Waals surface area contributed by atoms with E-state index in [1.807, 2.05) is 19.9 Å². The molecule has 0 saturated heterocycles. The van der Waals surface area contributed by atoms with Gasteiger partial charge in [0, 0.05) is 13.6 Å². The molecule has 0 fully saturated rings. The Morgan fingerprint density at radius 3 is 2.83 bits per heavy atom. The summed E-state index contributed by atoms with van der Waals surface area (Å²) in [6.45, 7) is 4.18. The van der Waals surface area contributed by atoms with Crippen LogP contribution in [0.15, 0.2) is 41.0 Å². The lowest BCUT2D eigenvalue weighted by molar-refractivity contribution is 0.0985. The number of halogens is 1. The topological polar surface area (TPSA) is 64.2 Å². The number of aromatic nitrogens is 3. The van der Waals surface area contributed by atoms with Gasteiger partial charge >= 0.3 is 0 Å². The average molecular weight is 404 g/mol. The largest absolute Gasteiger partial charge is 0.463 e. The van der Waals surface area contributed by atoms with Crippen molar-refractivity contribution in [3.63, 3.8) is 0 Å². The van der Waals surface area contributed by atoms with E-state index in [1.165, 1.54) is 6.07 Å². The van der Waals surface area contributed by atoms with Crippen LogP contribution in [0.4, 0.5) is 10.1 Å². The second kappa shape index (κ2) is 6.79. The molecular formula is C23H21FN4O2. The SMILES string of the molecule is Cc1cc(F)c2c(c1)CCCN2C(=O)c1cc(-c2ccco2)nc2c1c(C)nn2C. The summed E-state index contributed by atoms with van der Waals surface area (Å²) in [6.07, 6.45) is 3.11. The highest BCUT2D eigenvalue weighted by Gasteiger charge is 2.30. The van der Waals surface area contributed by atoms with E-state index >= 15 is 0 Å². The van der Waals surface area contributed by atoms with E-state index in [1.54, 1.807) is 41.1 Å². The Labute approximate surface area is 172 Å². The Morgan fingerprint density at radius 2 is 2.07 bits per heavy atom. The van der Waals surface area contributed by atoms with Gasteiger partial charge in [-0.2, -0.15) is 5.10 Å². The van der Waals surface area contributed by atoms with Gasteiger partial charge in [-0.25, -0.2) is 9.37 Å². The van der Waals surface area contributed by atoms with Gasteiger partial charge in [0.15, 0.2) is 11.4 Å². The first-order valence-corrected chi connectivity index (χ1v) is 9.93. The van der Waals surface area contributed by atoms with Crippen molar-refractivity contribution in [3.05, 3.63) is 64.8 Å². The van der Waals surface area contributed by atoms with E-state index in [-0.39, 0.29) is 11.7 Å². The summed E-state index contributed by atoms with van der Waals surface area (Å²) < 4.78 is 22.1. The van der Waals surface area contributed by atoms with Crippen molar-refractivity contribution in [1.29, 1.82) is 0 Å². The van der Waals surface area contributed by atoms with Crippen LogP contribution >= 0.6 is 0 Å². The van der Waals surface area contributed by atoms with E-state index in [0.717, 1.165) is 24.0 Å². The van der Waals surface area contributed by atoms with Crippen LogP contribution in [0.3, 0.4) is 0 Å². The number of pyridine rings is 1. The Balaban J connectivity index is 1.72. The normalized spacial score (nSPS) is 13.7. The molecule has 0 spiro atoms. The summed E-state index contributed by atoms with van der Waals surface area (Å²) in [5.41, 5.74) is 4.39. The van der Waals surface area contributed by atoms with Crippen molar-refractivity contribution in [2.24, 2.45) is 7.05 Å². The predicted octanol–water partition coefficient (Wildman–Crippen LogP) is 4.58. The maximum Gasteiger partial charge on any atom is 0.259 e. The molecule has 0 N–H and O–H groups in total. The molecule has 3 aromatic heterocycles. The fourth-order valence-corrected chi connectivity index (χ4v) is 4.35. The second-order valence-corrected chi connectivity index (χ2v) is 7.75. The summed E-state index contributed by atoms with van der Waals surface area (Å²) >= 11 is 0. The molecule has 0 radical (unpaired) electrons. The summed E-state index contributed by atoms with van der Waals surface area (Å²) in [5.74, 6) is -0.0572. The third-order valence-electron chi connectivity index (χ3n) is 5.60. The summed E-state index contributed by atoms with van der Waals surface area (Å²) in [6, 6.07) is 8.73. The average Bonchev–Trinajstić information content (AvgIpc) is 3.35. The Morgan fingerprint density at radius 1 is 1.23 bits per heavy atom. The predicted molar refractivity (Wildman–Crippen MR) is 112 cm³/mol. The monoisotopic (exact) mass is 404 g/mol. The first kappa shape index (κ1) is 18.5. The van der Waals surface area contributed by atoms with Gasteiger partial charge in [0.25, 0.3) is 5.91 Å². The molecule has 1 aliphatic heterocycles. The van der Waals surface area contributed by atoms with E-state index < -0.39 is 0 Å². The van der Waals surface area contributed by atoms with Crippen LogP contribution in [0, 0.1) is 19.7 Å². The van der Waals surface area contributed by atoms with Crippen molar-refractivity contribution in [3.8, 4) is 11.5 Å². The van der Waals surface area contributed by atoms with Crippen LogP contribution in [-0.4, -0.2) is 27.2 Å². The van der Waals surface area contributed by atoms with Crippen molar-refractivity contribution in [1.82, 2.24) is 14.8 Å². The number of carbonyl (C=O) groups excluding carboxylic acids is 1. The molecule has 1 aliphatic rings. The quantitative estimate of drug-likeness (QED) is 0.491.